The van der Waals surface area contributed by atoms with Gasteiger partial charge < -0.3 is 10.2 Å². The van der Waals surface area contributed by atoms with Crippen LogP contribution in [0.25, 0.3) is 0 Å². The fourth-order valence-corrected chi connectivity index (χ4v) is 2.75. The van der Waals surface area contributed by atoms with Crippen LogP contribution in [0.2, 0.25) is 0 Å². The number of likely N-dealkylation sites (tertiary alicyclic amines) is 1. The summed E-state index contributed by atoms with van der Waals surface area (Å²) in [6, 6.07) is 6.12. The van der Waals surface area contributed by atoms with Crippen molar-refractivity contribution in [1.82, 2.24) is 15.2 Å². The van der Waals surface area contributed by atoms with E-state index in [1.807, 2.05) is 18.2 Å². The predicted molar refractivity (Wildman–Crippen MR) is 69.2 cm³/mol. The first kappa shape index (κ1) is 11.7. The van der Waals surface area contributed by atoms with Crippen LogP contribution in [0.4, 0.5) is 0 Å². The van der Waals surface area contributed by atoms with Crippen LogP contribution in [0.15, 0.2) is 24.4 Å². The Morgan fingerprint density at radius 1 is 1.50 bits per heavy atom. The number of carbonyl (C=O) groups is 1. The highest BCUT2D eigenvalue weighted by Gasteiger charge is 2.52. The van der Waals surface area contributed by atoms with Gasteiger partial charge in [0.15, 0.2) is 0 Å². The fourth-order valence-electron chi connectivity index (χ4n) is 2.75. The van der Waals surface area contributed by atoms with Crippen molar-refractivity contribution in [1.29, 1.82) is 0 Å². The van der Waals surface area contributed by atoms with E-state index in [-0.39, 0.29) is 11.3 Å². The minimum Gasteiger partial charge on any atom is -0.351 e. The molecule has 1 amide bonds. The maximum Gasteiger partial charge on any atom is 0.232 e. The summed E-state index contributed by atoms with van der Waals surface area (Å²) in [5.74, 6) is 0.168. The van der Waals surface area contributed by atoms with Gasteiger partial charge in [-0.3, -0.25) is 9.78 Å². The smallest absolute Gasteiger partial charge is 0.232 e. The maximum atomic E-state index is 12.4. The number of hydrogen-bond donors (Lipinski definition) is 1. The summed E-state index contributed by atoms with van der Waals surface area (Å²) in [5.41, 5.74) is 0.594. The van der Waals surface area contributed by atoms with Crippen molar-refractivity contribution in [2.75, 3.05) is 20.1 Å². The summed E-state index contributed by atoms with van der Waals surface area (Å²) in [7, 11) is 2.10. The molecule has 2 fully saturated rings. The molecule has 2 heterocycles. The number of amides is 1. The number of rotatable bonds is 3. The average Bonchev–Trinajstić information content (AvgIpc) is 3.10. The molecular formula is C14H19N3O. The topological polar surface area (TPSA) is 45.2 Å². The zero-order valence-corrected chi connectivity index (χ0v) is 10.7. The third-order valence-corrected chi connectivity index (χ3v) is 4.07. The largest absolute Gasteiger partial charge is 0.351 e. The van der Waals surface area contributed by atoms with E-state index in [0.29, 0.717) is 6.04 Å². The second-order valence-electron chi connectivity index (χ2n) is 5.52. The van der Waals surface area contributed by atoms with Gasteiger partial charge in [0.05, 0.1) is 11.1 Å². The van der Waals surface area contributed by atoms with Crippen LogP contribution in [-0.2, 0) is 10.2 Å². The van der Waals surface area contributed by atoms with Gasteiger partial charge in [-0.25, -0.2) is 0 Å². The zero-order valence-electron chi connectivity index (χ0n) is 10.7. The van der Waals surface area contributed by atoms with Crippen LogP contribution in [0, 0.1) is 0 Å². The molecule has 1 aromatic heterocycles. The summed E-state index contributed by atoms with van der Waals surface area (Å²) >= 11 is 0. The van der Waals surface area contributed by atoms with E-state index < -0.39 is 0 Å². The lowest BCUT2D eigenvalue weighted by atomic mass is 10.00. The standard InChI is InChI=1S/C14H19N3O/c1-17-9-5-11(10-17)16-13(18)14(6-7-14)12-4-2-3-8-15-12/h2-4,8,11H,5-7,9-10H2,1H3,(H,16,18). The summed E-state index contributed by atoms with van der Waals surface area (Å²) in [5, 5.41) is 3.19. The molecule has 0 bridgehead atoms. The molecule has 0 radical (unpaired) electrons. The second-order valence-corrected chi connectivity index (χ2v) is 5.52. The molecule has 1 unspecified atom stereocenters. The Labute approximate surface area is 107 Å². The van der Waals surface area contributed by atoms with Gasteiger partial charge in [0.25, 0.3) is 0 Å². The van der Waals surface area contributed by atoms with Gasteiger partial charge in [0.2, 0.25) is 5.91 Å². The number of likely N-dealkylation sites (N-methyl/N-ethyl adjacent to an activating group) is 1. The Balaban J connectivity index is 1.69. The molecule has 4 heteroatoms. The summed E-state index contributed by atoms with van der Waals surface area (Å²) < 4.78 is 0. The normalized spacial score (nSPS) is 25.9. The van der Waals surface area contributed by atoms with Gasteiger partial charge >= 0.3 is 0 Å². The summed E-state index contributed by atoms with van der Waals surface area (Å²) in [4.78, 5) is 19.0. The number of pyridine rings is 1. The molecule has 4 nitrogen and oxygen atoms in total. The molecule has 1 saturated carbocycles. The minimum atomic E-state index is -0.331. The predicted octanol–water partition coefficient (Wildman–Crippen LogP) is 0.933. The van der Waals surface area contributed by atoms with Crippen molar-refractivity contribution in [3.05, 3.63) is 30.1 Å². The van der Waals surface area contributed by atoms with Gasteiger partial charge in [-0.2, -0.15) is 0 Å². The molecule has 1 aliphatic heterocycles. The lowest BCUT2D eigenvalue weighted by Gasteiger charge is -2.18. The third-order valence-electron chi connectivity index (χ3n) is 4.07. The van der Waals surface area contributed by atoms with E-state index in [4.69, 9.17) is 0 Å². The average molecular weight is 245 g/mol. The van der Waals surface area contributed by atoms with E-state index in [1.165, 1.54) is 0 Å². The van der Waals surface area contributed by atoms with Crippen LogP contribution < -0.4 is 5.32 Å². The SMILES string of the molecule is CN1CCC(NC(=O)C2(c3ccccn3)CC2)C1. The quantitative estimate of drug-likeness (QED) is 0.862. The van der Waals surface area contributed by atoms with Crippen molar-refractivity contribution in [3.8, 4) is 0 Å². The van der Waals surface area contributed by atoms with Gasteiger partial charge in [-0.1, -0.05) is 6.07 Å². The molecule has 96 valence electrons. The Bertz CT molecular complexity index is 442. The highest BCUT2D eigenvalue weighted by Crippen LogP contribution is 2.47. The molecule has 2 aliphatic rings. The number of nitrogens with zero attached hydrogens (tertiary/aromatic N) is 2. The Morgan fingerprint density at radius 3 is 2.89 bits per heavy atom. The monoisotopic (exact) mass is 245 g/mol. The molecule has 18 heavy (non-hydrogen) atoms. The van der Waals surface area contributed by atoms with E-state index in [2.05, 4.69) is 22.2 Å². The van der Waals surface area contributed by atoms with Gasteiger partial charge in [0, 0.05) is 18.8 Å². The zero-order chi connectivity index (χ0) is 12.6. The van der Waals surface area contributed by atoms with Crippen LogP contribution in [0.5, 0.6) is 0 Å². The number of aromatic nitrogens is 1. The van der Waals surface area contributed by atoms with Gasteiger partial charge in [-0.15, -0.1) is 0 Å². The maximum absolute atomic E-state index is 12.4. The Morgan fingerprint density at radius 2 is 2.33 bits per heavy atom. The number of carbonyl (C=O) groups excluding carboxylic acids is 1. The number of nitrogens with one attached hydrogen (secondary N) is 1. The van der Waals surface area contributed by atoms with Crippen LogP contribution in [0.3, 0.4) is 0 Å². The van der Waals surface area contributed by atoms with Crippen molar-refractivity contribution in [3.63, 3.8) is 0 Å². The van der Waals surface area contributed by atoms with Gasteiger partial charge in [-0.05, 0) is 45.0 Å². The van der Waals surface area contributed by atoms with Crippen LogP contribution in [-0.4, -0.2) is 42.0 Å². The lowest BCUT2D eigenvalue weighted by Crippen LogP contribution is -2.42. The van der Waals surface area contributed by atoms with Crippen molar-refractivity contribution in [2.45, 2.75) is 30.7 Å². The highest BCUT2D eigenvalue weighted by atomic mass is 16.2. The fraction of sp³-hybridized carbons (Fsp3) is 0.571. The van der Waals surface area contributed by atoms with E-state index in [1.54, 1.807) is 6.20 Å². The lowest BCUT2D eigenvalue weighted by molar-refractivity contribution is -0.124. The molecule has 3 rings (SSSR count). The molecule has 1 aromatic rings. The Hall–Kier alpha value is -1.42. The number of hydrogen-bond acceptors (Lipinski definition) is 3. The molecule has 1 aliphatic carbocycles. The molecule has 1 atom stereocenters. The van der Waals surface area contributed by atoms with E-state index in [9.17, 15) is 4.79 Å². The van der Waals surface area contributed by atoms with Crippen LogP contribution >= 0.6 is 0 Å². The van der Waals surface area contributed by atoms with Crippen molar-refractivity contribution < 1.29 is 4.79 Å². The van der Waals surface area contributed by atoms with E-state index in [0.717, 1.165) is 38.0 Å². The molecule has 1 saturated heterocycles. The third kappa shape index (κ3) is 2.01. The Kier molecular flexibility index (Phi) is 2.82. The van der Waals surface area contributed by atoms with Crippen LogP contribution in [0.1, 0.15) is 25.0 Å². The molecule has 1 N–H and O–H groups in total. The highest BCUT2D eigenvalue weighted by molar-refractivity contribution is 5.91. The molecular weight excluding hydrogens is 226 g/mol. The first-order chi connectivity index (χ1) is 8.71. The molecule has 0 aromatic carbocycles. The van der Waals surface area contributed by atoms with E-state index >= 15 is 0 Å². The molecule has 0 spiro atoms. The first-order valence-corrected chi connectivity index (χ1v) is 6.62. The minimum absolute atomic E-state index is 0.168. The first-order valence-electron chi connectivity index (χ1n) is 6.62. The summed E-state index contributed by atoms with van der Waals surface area (Å²) in [6.45, 7) is 2.03. The van der Waals surface area contributed by atoms with Crippen molar-refractivity contribution >= 4 is 5.91 Å². The van der Waals surface area contributed by atoms with Gasteiger partial charge in [0.1, 0.15) is 0 Å². The van der Waals surface area contributed by atoms with Crippen molar-refractivity contribution in [2.24, 2.45) is 0 Å². The second kappa shape index (κ2) is 4.35. The summed E-state index contributed by atoms with van der Waals surface area (Å²) in [6.07, 6.45) is 4.68.